The zero-order chi connectivity index (χ0) is 19.3. The fourth-order valence-corrected chi connectivity index (χ4v) is 2.20. The van der Waals surface area contributed by atoms with Gasteiger partial charge in [0.2, 0.25) is 5.91 Å². The van der Waals surface area contributed by atoms with Crippen LogP contribution in [0.1, 0.15) is 71.1 Å². The first kappa shape index (κ1) is 23.9. The number of hydrogen-bond donors (Lipinski definition) is 2. The van der Waals surface area contributed by atoms with Crippen LogP contribution in [-0.2, 0) is 9.59 Å². The van der Waals surface area contributed by atoms with Gasteiger partial charge < -0.3 is 10.4 Å². The zero-order valence-corrected chi connectivity index (χ0v) is 16.2. The van der Waals surface area contributed by atoms with Gasteiger partial charge in [-0.15, -0.1) is 0 Å². The maximum absolute atomic E-state index is 11.3. The van der Waals surface area contributed by atoms with Gasteiger partial charge in [0.05, 0.1) is 0 Å². The Morgan fingerprint density at radius 1 is 0.769 bits per heavy atom. The van der Waals surface area contributed by atoms with E-state index in [1.165, 1.54) is 25.7 Å². The number of aliphatic carboxylic acids is 1. The lowest BCUT2D eigenvalue weighted by atomic mass is 10.2. The second-order valence-electron chi connectivity index (χ2n) is 6.15. The molecule has 0 radical (unpaired) electrons. The van der Waals surface area contributed by atoms with Crippen LogP contribution >= 0.6 is 0 Å². The maximum atomic E-state index is 11.3. The van der Waals surface area contributed by atoms with Crippen LogP contribution in [-0.4, -0.2) is 23.5 Å². The summed E-state index contributed by atoms with van der Waals surface area (Å²) in [6.45, 7) is 1.92. The summed E-state index contributed by atoms with van der Waals surface area (Å²) in [5, 5.41) is 10.8. The summed E-state index contributed by atoms with van der Waals surface area (Å²) in [6, 6.07) is 0. The van der Waals surface area contributed by atoms with Crippen LogP contribution in [0.2, 0.25) is 0 Å². The number of unbranched alkanes of at least 4 members (excludes halogenated alkanes) is 4. The molecule has 2 N–H and O–H groups in total. The highest BCUT2D eigenvalue weighted by atomic mass is 16.4. The molecule has 0 unspecified atom stereocenters. The molecule has 0 saturated heterocycles. The molecule has 0 aliphatic rings. The molecule has 0 rings (SSSR count). The van der Waals surface area contributed by atoms with Crippen LogP contribution in [0.15, 0.2) is 48.6 Å². The Balaban J connectivity index is 3.48. The number of carbonyl (C=O) groups excluding carboxylic acids is 1. The number of nitrogens with one attached hydrogen (secondary N) is 1. The van der Waals surface area contributed by atoms with Gasteiger partial charge in [-0.2, -0.15) is 0 Å². The number of carboxylic acid groups (broad SMARTS) is 1. The quantitative estimate of drug-likeness (QED) is 0.288. The second kappa shape index (κ2) is 19.2. The Morgan fingerprint density at radius 2 is 1.27 bits per heavy atom. The van der Waals surface area contributed by atoms with Crippen LogP contribution in [0.25, 0.3) is 0 Å². The monoisotopic (exact) mass is 361 g/mol. The maximum Gasteiger partial charge on any atom is 0.322 e. The third kappa shape index (κ3) is 19.9. The van der Waals surface area contributed by atoms with E-state index in [4.69, 9.17) is 5.11 Å². The fourth-order valence-electron chi connectivity index (χ4n) is 2.20. The van der Waals surface area contributed by atoms with E-state index in [0.29, 0.717) is 6.42 Å². The van der Waals surface area contributed by atoms with Gasteiger partial charge in [0.1, 0.15) is 6.54 Å². The molecule has 4 nitrogen and oxygen atoms in total. The van der Waals surface area contributed by atoms with Gasteiger partial charge in [-0.1, -0.05) is 68.4 Å². The lowest BCUT2D eigenvalue weighted by molar-refractivity contribution is -0.137. The Morgan fingerprint density at radius 3 is 1.77 bits per heavy atom. The lowest BCUT2D eigenvalue weighted by Gasteiger charge is -2.00. The molecule has 26 heavy (non-hydrogen) atoms. The van der Waals surface area contributed by atoms with Crippen molar-refractivity contribution in [3.8, 4) is 0 Å². The number of allylic oxidation sites excluding steroid dienone is 8. The highest BCUT2D eigenvalue weighted by Gasteiger charge is 2.02. The van der Waals surface area contributed by atoms with E-state index in [2.05, 4.69) is 60.8 Å². The van der Waals surface area contributed by atoms with Gasteiger partial charge in [-0.25, -0.2) is 0 Å². The van der Waals surface area contributed by atoms with Crippen molar-refractivity contribution in [1.82, 2.24) is 5.32 Å². The average Bonchev–Trinajstić information content (AvgIpc) is 2.62. The minimum absolute atomic E-state index is 0.205. The van der Waals surface area contributed by atoms with E-state index in [1.807, 2.05) is 0 Å². The molecule has 0 aromatic rings. The highest BCUT2D eigenvalue weighted by molar-refractivity contribution is 5.80. The van der Waals surface area contributed by atoms with Crippen LogP contribution < -0.4 is 5.32 Å². The molecule has 1 amide bonds. The third-order valence-electron chi connectivity index (χ3n) is 3.67. The number of amides is 1. The summed E-state index contributed by atoms with van der Waals surface area (Å²) in [5.41, 5.74) is 0. The Labute approximate surface area is 158 Å². The molecule has 0 atom stereocenters. The number of rotatable bonds is 16. The molecule has 0 spiro atoms. The molecule has 0 bridgehead atoms. The topological polar surface area (TPSA) is 66.4 Å². The summed E-state index contributed by atoms with van der Waals surface area (Å²) in [4.78, 5) is 21.6. The molecular formula is C22H35NO3. The molecule has 0 fully saturated rings. The van der Waals surface area contributed by atoms with Gasteiger partial charge >= 0.3 is 5.97 Å². The fraction of sp³-hybridized carbons (Fsp3) is 0.545. The molecule has 0 heterocycles. The first-order valence-corrected chi connectivity index (χ1v) is 9.75. The minimum Gasteiger partial charge on any atom is -0.480 e. The highest BCUT2D eigenvalue weighted by Crippen LogP contribution is 2.01. The van der Waals surface area contributed by atoms with Crippen LogP contribution in [0.3, 0.4) is 0 Å². The summed E-state index contributed by atoms with van der Waals surface area (Å²) in [5.74, 6) is -1.22. The number of carbonyl (C=O) groups is 2. The Kier molecular flexibility index (Phi) is 17.7. The standard InChI is InChI=1S/C22H35NO3/c1-2-3-4-5-6-7-8-9-10-11-12-13-14-15-16-17-18-19-21(24)23-20-22(25)26/h6-7,9-10,12-13,15-16H,2-5,8,11,14,17-20H2,1H3,(H,23,24)(H,25,26)/b7-6+,10-9+,13-12+,16-15+. The first-order chi connectivity index (χ1) is 12.7. The van der Waals surface area contributed by atoms with Gasteiger partial charge in [0.25, 0.3) is 0 Å². The van der Waals surface area contributed by atoms with Gasteiger partial charge in [0, 0.05) is 6.42 Å². The van der Waals surface area contributed by atoms with Crippen molar-refractivity contribution in [1.29, 1.82) is 0 Å². The predicted molar refractivity (Wildman–Crippen MR) is 109 cm³/mol. The van der Waals surface area contributed by atoms with Crippen molar-refractivity contribution in [2.24, 2.45) is 0 Å². The van der Waals surface area contributed by atoms with Gasteiger partial charge in [-0.05, 0) is 44.9 Å². The molecular weight excluding hydrogens is 326 g/mol. The summed E-state index contributed by atoms with van der Waals surface area (Å²) < 4.78 is 0. The van der Waals surface area contributed by atoms with Crippen molar-refractivity contribution in [3.63, 3.8) is 0 Å². The molecule has 0 aliphatic heterocycles. The normalized spacial score (nSPS) is 12.0. The van der Waals surface area contributed by atoms with Crippen molar-refractivity contribution in [3.05, 3.63) is 48.6 Å². The molecule has 0 aromatic carbocycles. The molecule has 146 valence electrons. The molecule has 0 aromatic heterocycles. The van der Waals surface area contributed by atoms with Crippen LogP contribution in [0.5, 0.6) is 0 Å². The van der Waals surface area contributed by atoms with E-state index >= 15 is 0 Å². The van der Waals surface area contributed by atoms with Gasteiger partial charge in [0.15, 0.2) is 0 Å². The van der Waals surface area contributed by atoms with E-state index < -0.39 is 5.97 Å². The Bertz CT molecular complexity index is 476. The number of hydrogen-bond acceptors (Lipinski definition) is 2. The van der Waals surface area contributed by atoms with E-state index in [-0.39, 0.29) is 12.5 Å². The largest absolute Gasteiger partial charge is 0.480 e. The van der Waals surface area contributed by atoms with E-state index in [1.54, 1.807) is 0 Å². The number of carboxylic acids is 1. The molecule has 0 aliphatic carbocycles. The molecule has 4 heteroatoms. The summed E-state index contributed by atoms with van der Waals surface area (Å²) >= 11 is 0. The van der Waals surface area contributed by atoms with Crippen LogP contribution in [0.4, 0.5) is 0 Å². The van der Waals surface area contributed by atoms with Crippen LogP contribution in [0, 0.1) is 0 Å². The third-order valence-corrected chi connectivity index (χ3v) is 3.67. The van der Waals surface area contributed by atoms with Crippen molar-refractivity contribution < 1.29 is 14.7 Å². The Hall–Kier alpha value is -2.10. The minimum atomic E-state index is -1.02. The first-order valence-electron chi connectivity index (χ1n) is 9.75. The van der Waals surface area contributed by atoms with Crippen molar-refractivity contribution in [2.45, 2.75) is 71.1 Å². The average molecular weight is 362 g/mol. The SMILES string of the molecule is CCCCC/C=C/C/C=C/C/C=C/C/C=C/CCCC(=O)NCC(=O)O. The molecule has 0 saturated carbocycles. The second-order valence-corrected chi connectivity index (χ2v) is 6.15. The van der Waals surface area contributed by atoms with E-state index in [0.717, 1.165) is 32.1 Å². The predicted octanol–water partition coefficient (Wildman–Crippen LogP) is 5.33. The summed E-state index contributed by atoms with van der Waals surface area (Å²) in [6.07, 6.45) is 27.3. The zero-order valence-electron chi connectivity index (χ0n) is 16.2. The van der Waals surface area contributed by atoms with Crippen molar-refractivity contribution >= 4 is 11.9 Å². The van der Waals surface area contributed by atoms with Gasteiger partial charge in [-0.3, -0.25) is 9.59 Å². The van der Waals surface area contributed by atoms with Crippen molar-refractivity contribution in [2.75, 3.05) is 6.54 Å². The smallest absolute Gasteiger partial charge is 0.322 e. The summed E-state index contributed by atoms with van der Waals surface area (Å²) in [7, 11) is 0. The van der Waals surface area contributed by atoms with E-state index in [9.17, 15) is 9.59 Å². The lowest BCUT2D eigenvalue weighted by Crippen LogP contribution is -2.28.